The third-order valence-electron chi connectivity index (χ3n) is 4.07. The fraction of sp³-hybridized carbons (Fsp3) is 0.333. The van der Waals surface area contributed by atoms with Crippen LogP contribution < -0.4 is 0 Å². The molecule has 2 aromatic rings. The molecule has 1 aliphatic rings. The number of esters is 2. The van der Waals surface area contributed by atoms with Gasteiger partial charge in [0.1, 0.15) is 5.56 Å². The molecule has 0 atom stereocenters. The molecule has 1 aliphatic carbocycles. The molecule has 5 nitrogen and oxygen atoms in total. The molecule has 0 radical (unpaired) electrons. The van der Waals surface area contributed by atoms with Gasteiger partial charge in [0.15, 0.2) is 12.4 Å². The van der Waals surface area contributed by atoms with Gasteiger partial charge in [-0.2, -0.15) is 0 Å². The Morgan fingerprint density at radius 2 is 1.87 bits per heavy atom. The number of carbonyl (C=O) groups excluding carboxylic acids is 2. The van der Waals surface area contributed by atoms with Gasteiger partial charge in [-0.15, -0.1) is 0 Å². The Balaban J connectivity index is 1.68. The van der Waals surface area contributed by atoms with Crippen LogP contribution in [-0.4, -0.2) is 19.0 Å². The van der Waals surface area contributed by atoms with Crippen molar-refractivity contribution in [2.24, 2.45) is 0 Å². The molecule has 0 unspecified atom stereocenters. The summed E-state index contributed by atoms with van der Waals surface area (Å²) in [5.74, 6) is -0.660. The van der Waals surface area contributed by atoms with E-state index >= 15 is 0 Å². The number of furan rings is 1. The molecular formula is C18H18O5. The molecule has 0 amide bonds. The van der Waals surface area contributed by atoms with Gasteiger partial charge in [-0.25, -0.2) is 9.59 Å². The normalized spacial score (nSPS) is 13.3. The van der Waals surface area contributed by atoms with Gasteiger partial charge in [-0.05, 0) is 55.0 Å². The van der Waals surface area contributed by atoms with E-state index in [1.807, 2.05) is 12.1 Å². The summed E-state index contributed by atoms with van der Waals surface area (Å²) in [6.07, 6.45) is 5.79. The third-order valence-corrected chi connectivity index (χ3v) is 4.07. The van der Waals surface area contributed by atoms with Gasteiger partial charge in [0.05, 0.1) is 18.9 Å². The summed E-state index contributed by atoms with van der Waals surface area (Å²) in [4.78, 5) is 23.7. The lowest BCUT2D eigenvalue weighted by atomic mass is 9.90. The van der Waals surface area contributed by atoms with Crippen LogP contribution in [0, 0.1) is 0 Å². The van der Waals surface area contributed by atoms with Gasteiger partial charge in [0.25, 0.3) is 0 Å². The first-order valence-corrected chi connectivity index (χ1v) is 7.62. The number of methoxy groups -OCH3 is 1. The van der Waals surface area contributed by atoms with Crippen LogP contribution in [0.3, 0.4) is 0 Å². The van der Waals surface area contributed by atoms with Crippen molar-refractivity contribution in [2.75, 3.05) is 7.11 Å². The molecule has 0 spiro atoms. The Kier molecular flexibility index (Phi) is 4.46. The highest BCUT2D eigenvalue weighted by atomic mass is 16.5. The molecule has 0 saturated carbocycles. The van der Waals surface area contributed by atoms with E-state index in [4.69, 9.17) is 9.15 Å². The van der Waals surface area contributed by atoms with Crippen molar-refractivity contribution in [1.29, 1.82) is 0 Å². The molecule has 120 valence electrons. The molecule has 23 heavy (non-hydrogen) atoms. The van der Waals surface area contributed by atoms with Crippen LogP contribution in [0.4, 0.5) is 0 Å². The van der Waals surface area contributed by atoms with Crippen LogP contribution in [0.1, 0.15) is 50.4 Å². The minimum atomic E-state index is -0.515. The Morgan fingerprint density at radius 3 is 2.65 bits per heavy atom. The van der Waals surface area contributed by atoms with E-state index in [2.05, 4.69) is 4.74 Å². The lowest BCUT2D eigenvalue weighted by Crippen LogP contribution is -2.10. The quantitative estimate of drug-likeness (QED) is 0.810. The van der Waals surface area contributed by atoms with E-state index in [0.717, 1.165) is 19.3 Å². The smallest absolute Gasteiger partial charge is 0.341 e. The van der Waals surface area contributed by atoms with Crippen molar-refractivity contribution in [2.45, 2.75) is 32.3 Å². The number of hydrogen-bond donors (Lipinski definition) is 0. The second kappa shape index (κ2) is 6.69. The third kappa shape index (κ3) is 3.28. The molecule has 1 heterocycles. The number of carbonyl (C=O) groups is 2. The molecule has 5 heteroatoms. The molecule has 0 fully saturated rings. The minimum Gasteiger partial charge on any atom is -0.465 e. The first-order valence-electron chi connectivity index (χ1n) is 7.62. The van der Waals surface area contributed by atoms with Crippen molar-refractivity contribution in [3.05, 3.63) is 58.5 Å². The van der Waals surface area contributed by atoms with Crippen molar-refractivity contribution < 1.29 is 23.5 Å². The Morgan fingerprint density at radius 1 is 1.09 bits per heavy atom. The van der Waals surface area contributed by atoms with Gasteiger partial charge in [-0.3, -0.25) is 0 Å². The van der Waals surface area contributed by atoms with Gasteiger partial charge < -0.3 is 13.9 Å². The van der Waals surface area contributed by atoms with Crippen LogP contribution >= 0.6 is 0 Å². The number of benzene rings is 1. The summed E-state index contributed by atoms with van der Waals surface area (Å²) in [6, 6.07) is 7.18. The Labute approximate surface area is 134 Å². The summed E-state index contributed by atoms with van der Waals surface area (Å²) >= 11 is 0. The highest BCUT2D eigenvalue weighted by Gasteiger charge is 2.18. The number of fused-ring (bicyclic) bond motifs is 1. The summed E-state index contributed by atoms with van der Waals surface area (Å²) in [6.45, 7) is -0.104. The fourth-order valence-electron chi connectivity index (χ4n) is 2.82. The average molecular weight is 314 g/mol. The van der Waals surface area contributed by atoms with E-state index in [-0.39, 0.29) is 17.9 Å². The van der Waals surface area contributed by atoms with E-state index in [9.17, 15) is 9.59 Å². The van der Waals surface area contributed by atoms with Gasteiger partial charge in [-0.1, -0.05) is 6.07 Å². The van der Waals surface area contributed by atoms with Gasteiger partial charge in [0.2, 0.25) is 0 Å². The van der Waals surface area contributed by atoms with E-state index in [1.165, 1.54) is 37.0 Å². The first-order chi connectivity index (χ1) is 11.2. The predicted molar refractivity (Wildman–Crippen MR) is 82.3 cm³/mol. The summed E-state index contributed by atoms with van der Waals surface area (Å²) in [5, 5.41) is 0. The molecule has 0 saturated heterocycles. The van der Waals surface area contributed by atoms with Crippen LogP contribution in [0.5, 0.6) is 0 Å². The number of ether oxygens (including phenoxy) is 2. The summed E-state index contributed by atoms with van der Waals surface area (Å²) < 4.78 is 15.1. The van der Waals surface area contributed by atoms with Crippen LogP contribution in [0.2, 0.25) is 0 Å². The highest BCUT2D eigenvalue weighted by Crippen LogP contribution is 2.23. The highest BCUT2D eigenvalue weighted by molar-refractivity contribution is 5.91. The van der Waals surface area contributed by atoms with E-state index in [0.29, 0.717) is 5.56 Å². The zero-order valence-electron chi connectivity index (χ0n) is 13.0. The average Bonchev–Trinajstić information content (AvgIpc) is 3.07. The number of hydrogen-bond acceptors (Lipinski definition) is 5. The van der Waals surface area contributed by atoms with E-state index < -0.39 is 11.9 Å². The summed E-state index contributed by atoms with van der Waals surface area (Å²) in [7, 11) is 1.29. The topological polar surface area (TPSA) is 65.7 Å². The monoisotopic (exact) mass is 314 g/mol. The van der Waals surface area contributed by atoms with Crippen LogP contribution in [0.25, 0.3) is 0 Å². The molecular weight excluding hydrogens is 296 g/mol. The van der Waals surface area contributed by atoms with Crippen LogP contribution in [0.15, 0.2) is 34.9 Å². The molecule has 0 aliphatic heterocycles. The van der Waals surface area contributed by atoms with Crippen molar-refractivity contribution in [3.63, 3.8) is 0 Å². The maximum Gasteiger partial charge on any atom is 0.341 e. The first kappa shape index (κ1) is 15.3. The van der Waals surface area contributed by atoms with Gasteiger partial charge >= 0.3 is 11.9 Å². The lowest BCUT2D eigenvalue weighted by molar-refractivity contribution is 0.0432. The van der Waals surface area contributed by atoms with E-state index in [1.54, 1.807) is 6.07 Å². The lowest BCUT2D eigenvalue weighted by Gasteiger charge is -2.16. The van der Waals surface area contributed by atoms with Crippen LogP contribution in [-0.2, 0) is 28.9 Å². The number of aryl methyl sites for hydroxylation is 2. The Hall–Kier alpha value is -2.56. The fourth-order valence-corrected chi connectivity index (χ4v) is 2.82. The zero-order chi connectivity index (χ0) is 16.2. The molecule has 1 aromatic heterocycles. The second-order valence-corrected chi connectivity index (χ2v) is 5.52. The summed E-state index contributed by atoms with van der Waals surface area (Å²) in [5.41, 5.74) is 3.33. The standard InChI is InChI=1S/C18H18O5/c1-21-18(20)15-8-9-22-16(15)11-23-17(19)14-7-6-12-4-2-3-5-13(12)10-14/h6-10H,2-5,11H2,1H3. The van der Waals surface area contributed by atoms with Crippen molar-refractivity contribution >= 4 is 11.9 Å². The maximum absolute atomic E-state index is 12.2. The SMILES string of the molecule is COC(=O)c1ccoc1COC(=O)c1ccc2c(c1)CCCC2. The zero-order valence-corrected chi connectivity index (χ0v) is 13.0. The Bertz CT molecular complexity index is 729. The maximum atomic E-state index is 12.2. The molecule has 0 bridgehead atoms. The number of rotatable bonds is 4. The molecule has 1 aromatic carbocycles. The molecule has 0 N–H and O–H groups in total. The predicted octanol–water partition coefficient (Wildman–Crippen LogP) is 3.30. The second-order valence-electron chi connectivity index (χ2n) is 5.52. The van der Waals surface area contributed by atoms with Crippen molar-refractivity contribution in [1.82, 2.24) is 0 Å². The van der Waals surface area contributed by atoms with Crippen molar-refractivity contribution in [3.8, 4) is 0 Å². The minimum absolute atomic E-state index is 0.104. The largest absolute Gasteiger partial charge is 0.465 e. The molecule has 3 rings (SSSR count). The van der Waals surface area contributed by atoms with Gasteiger partial charge in [0, 0.05) is 0 Å².